The third-order valence-electron chi connectivity index (χ3n) is 4.09. The van der Waals surface area contributed by atoms with E-state index in [1.165, 1.54) is 0 Å². The highest BCUT2D eigenvalue weighted by Crippen LogP contribution is 2.25. The summed E-state index contributed by atoms with van der Waals surface area (Å²) in [5.74, 6) is -0.394. The van der Waals surface area contributed by atoms with Crippen molar-refractivity contribution in [2.45, 2.75) is 45.1 Å². The summed E-state index contributed by atoms with van der Waals surface area (Å²) in [5.41, 5.74) is 0.955. The van der Waals surface area contributed by atoms with Crippen LogP contribution in [0, 0.1) is 12.8 Å². The highest BCUT2D eigenvalue weighted by atomic mass is 35.5. The van der Waals surface area contributed by atoms with E-state index in [1.54, 1.807) is 12.1 Å². The number of rotatable bonds is 7. The molecule has 0 heterocycles. The number of hydrogen-bond acceptors (Lipinski definition) is 3. The Balaban J connectivity index is 1.63. The van der Waals surface area contributed by atoms with E-state index in [9.17, 15) is 9.59 Å². The van der Waals surface area contributed by atoms with Gasteiger partial charge in [-0.2, -0.15) is 0 Å². The number of benzene rings is 1. The van der Waals surface area contributed by atoms with Crippen LogP contribution in [0.4, 0.5) is 0 Å². The summed E-state index contributed by atoms with van der Waals surface area (Å²) in [5, 5.41) is 12.6. The zero-order chi connectivity index (χ0) is 16.8. The third kappa shape index (κ3) is 5.43. The molecule has 6 heteroatoms. The molecule has 1 aliphatic carbocycles. The van der Waals surface area contributed by atoms with Crippen LogP contribution in [0.15, 0.2) is 18.2 Å². The van der Waals surface area contributed by atoms with Gasteiger partial charge in [0, 0.05) is 17.5 Å². The molecule has 0 spiro atoms. The zero-order valence-electron chi connectivity index (χ0n) is 13.2. The van der Waals surface area contributed by atoms with Gasteiger partial charge < -0.3 is 15.2 Å². The van der Waals surface area contributed by atoms with Gasteiger partial charge in [0.05, 0.1) is 12.5 Å². The fourth-order valence-corrected chi connectivity index (χ4v) is 2.88. The van der Waals surface area contributed by atoms with Gasteiger partial charge in [-0.15, -0.1) is 0 Å². The SMILES string of the molecule is Cc1cc(OCCCC(=O)N[C@H]2CC[C@@H](C(=O)O)C2)ccc1Cl. The molecule has 0 unspecified atom stereocenters. The first-order valence-electron chi connectivity index (χ1n) is 7.87. The standard InChI is InChI=1S/C17H22ClNO4/c1-11-9-14(6-7-15(11)18)23-8-2-3-16(20)19-13-5-4-12(10-13)17(21)22/h6-7,9,12-13H,2-5,8,10H2,1H3,(H,19,20)(H,21,22)/t12-,13+/m1/s1. The van der Waals surface area contributed by atoms with Crippen LogP contribution in [-0.2, 0) is 9.59 Å². The molecule has 0 aromatic heterocycles. The number of carbonyl (C=O) groups is 2. The van der Waals surface area contributed by atoms with Crippen molar-refractivity contribution in [3.05, 3.63) is 28.8 Å². The number of carboxylic acid groups (broad SMARTS) is 1. The van der Waals surface area contributed by atoms with Gasteiger partial charge in [0.25, 0.3) is 0 Å². The van der Waals surface area contributed by atoms with E-state index in [1.807, 2.05) is 13.0 Å². The van der Waals surface area contributed by atoms with Crippen LogP contribution >= 0.6 is 11.6 Å². The van der Waals surface area contributed by atoms with Gasteiger partial charge in [-0.25, -0.2) is 0 Å². The minimum absolute atomic E-state index is 0.0107. The summed E-state index contributed by atoms with van der Waals surface area (Å²) < 4.78 is 5.59. The van der Waals surface area contributed by atoms with Gasteiger partial charge >= 0.3 is 5.97 Å². The van der Waals surface area contributed by atoms with E-state index in [0.717, 1.165) is 17.7 Å². The number of ether oxygens (including phenoxy) is 1. The second-order valence-electron chi connectivity index (χ2n) is 5.98. The van der Waals surface area contributed by atoms with Crippen molar-refractivity contribution in [1.29, 1.82) is 0 Å². The van der Waals surface area contributed by atoms with E-state index in [0.29, 0.717) is 37.3 Å². The average molecular weight is 340 g/mol. The molecule has 2 N–H and O–H groups in total. The Morgan fingerprint density at radius 2 is 2.17 bits per heavy atom. The van der Waals surface area contributed by atoms with Gasteiger partial charge in [-0.05, 0) is 56.4 Å². The largest absolute Gasteiger partial charge is 0.494 e. The molecule has 5 nitrogen and oxygen atoms in total. The number of aryl methyl sites for hydroxylation is 1. The van der Waals surface area contributed by atoms with Crippen LogP contribution in [0.25, 0.3) is 0 Å². The van der Waals surface area contributed by atoms with E-state index >= 15 is 0 Å². The second kappa shape index (κ2) is 8.20. The highest BCUT2D eigenvalue weighted by molar-refractivity contribution is 6.31. The van der Waals surface area contributed by atoms with E-state index in [4.69, 9.17) is 21.4 Å². The van der Waals surface area contributed by atoms with E-state index < -0.39 is 5.97 Å². The molecule has 1 aliphatic rings. The Labute approximate surface area is 141 Å². The number of nitrogens with one attached hydrogen (secondary N) is 1. The lowest BCUT2D eigenvalue weighted by Crippen LogP contribution is -2.33. The van der Waals surface area contributed by atoms with Gasteiger partial charge in [-0.1, -0.05) is 11.6 Å². The molecule has 0 aliphatic heterocycles. The Hall–Kier alpha value is -1.75. The van der Waals surface area contributed by atoms with Crippen LogP contribution < -0.4 is 10.1 Å². The summed E-state index contributed by atoms with van der Waals surface area (Å²) in [6, 6.07) is 5.45. The molecule has 0 saturated heterocycles. The molecule has 0 radical (unpaired) electrons. The quantitative estimate of drug-likeness (QED) is 0.748. The predicted molar refractivity (Wildman–Crippen MR) is 87.8 cm³/mol. The van der Waals surface area contributed by atoms with Gasteiger partial charge in [0.2, 0.25) is 5.91 Å². The van der Waals surface area contributed by atoms with Crippen molar-refractivity contribution < 1.29 is 19.4 Å². The van der Waals surface area contributed by atoms with Crippen LogP contribution in [0.3, 0.4) is 0 Å². The summed E-state index contributed by atoms with van der Waals surface area (Å²) in [6.07, 6.45) is 2.90. The monoisotopic (exact) mass is 339 g/mol. The Kier molecular flexibility index (Phi) is 6.28. The first-order valence-corrected chi connectivity index (χ1v) is 8.24. The number of hydrogen-bond donors (Lipinski definition) is 2. The maximum Gasteiger partial charge on any atom is 0.306 e. The molecule has 1 saturated carbocycles. The van der Waals surface area contributed by atoms with Crippen molar-refractivity contribution in [3.63, 3.8) is 0 Å². The lowest BCUT2D eigenvalue weighted by Gasteiger charge is -2.12. The van der Waals surface area contributed by atoms with Gasteiger partial charge in [-0.3, -0.25) is 9.59 Å². The van der Waals surface area contributed by atoms with Crippen LogP contribution in [0.5, 0.6) is 5.75 Å². The third-order valence-corrected chi connectivity index (χ3v) is 4.52. The maximum atomic E-state index is 11.9. The first-order chi connectivity index (χ1) is 11.0. The van der Waals surface area contributed by atoms with Gasteiger partial charge in [0.1, 0.15) is 5.75 Å². The minimum atomic E-state index is -0.770. The van der Waals surface area contributed by atoms with E-state index in [-0.39, 0.29) is 17.9 Å². The molecule has 1 aromatic carbocycles. The van der Waals surface area contributed by atoms with Crippen molar-refractivity contribution in [2.24, 2.45) is 5.92 Å². The van der Waals surface area contributed by atoms with Crippen molar-refractivity contribution in [1.82, 2.24) is 5.32 Å². The summed E-state index contributed by atoms with van der Waals surface area (Å²) in [6.45, 7) is 2.37. The Morgan fingerprint density at radius 3 is 2.83 bits per heavy atom. The summed E-state index contributed by atoms with van der Waals surface area (Å²) in [4.78, 5) is 22.7. The minimum Gasteiger partial charge on any atom is -0.494 e. The van der Waals surface area contributed by atoms with Crippen molar-refractivity contribution in [3.8, 4) is 5.75 Å². The normalized spacial score (nSPS) is 20.3. The Morgan fingerprint density at radius 1 is 1.39 bits per heavy atom. The topological polar surface area (TPSA) is 75.6 Å². The van der Waals surface area contributed by atoms with Crippen molar-refractivity contribution >= 4 is 23.5 Å². The smallest absolute Gasteiger partial charge is 0.306 e. The number of aliphatic carboxylic acids is 1. The average Bonchev–Trinajstić information content (AvgIpc) is 2.96. The fourth-order valence-electron chi connectivity index (χ4n) is 2.77. The highest BCUT2D eigenvalue weighted by Gasteiger charge is 2.30. The van der Waals surface area contributed by atoms with Crippen LogP contribution in [0.1, 0.15) is 37.7 Å². The molecule has 126 valence electrons. The molecule has 1 aromatic rings. The molecule has 0 bridgehead atoms. The number of carbonyl (C=O) groups excluding carboxylic acids is 1. The second-order valence-corrected chi connectivity index (χ2v) is 6.38. The molecular formula is C17H22ClNO4. The molecule has 1 amide bonds. The van der Waals surface area contributed by atoms with Crippen molar-refractivity contribution in [2.75, 3.05) is 6.61 Å². The number of halogens is 1. The fraction of sp³-hybridized carbons (Fsp3) is 0.529. The predicted octanol–water partition coefficient (Wildman–Crippen LogP) is 3.18. The zero-order valence-corrected chi connectivity index (χ0v) is 13.9. The molecule has 23 heavy (non-hydrogen) atoms. The summed E-state index contributed by atoms with van der Waals surface area (Å²) in [7, 11) is 0. The molecular weight excluding hydrogens is 318 g/mol. The Bertz CT molecular complexity index is 576. The molecule has 2 atom stereocenters. The maximum absolute atomic E-state index is 11.9. The summed E-state index contributed by atoms with van der Waals surface area (Å²) >= 11 is 5.95. The van der Waals surface area contributed by atoms with E-state index in [2.05, 4.69) is 5.32 Å². The van der Waals surface area contributed by atoms with Gasteiger partial charge in [0.15, 0.2) is 0 Å². The molecule has 1 fully saturated rings. The first kappa shape index (κ1) is 17.6. The lowest BCUT2D eigenvalue weighted by atomic mass is 10.1. The number of carboxylic acids is 1. The van der Waals surface area contributed by atoms with Crippen LogP contribution in [0.2, 0.25) is 5.02 Å². The van der Waals surface area contributed by atoms with Crippen LogP contribution in [-0.4, -0.2) is 29.6 Å². The number of amides is 1. The lowest BCUT2D eigenvalue weighted by molar-refractivity contribution is -0.141. The molecule has 2 rings (SSSR count).